The molecule has 2 rings (SSSR count). The quantitative estimate of drug-likeness (QED) is 0.541. The molecule has 1 aliphatic carbocycles. The van der Waals surface area contributed by atoms with E-state index in [2.05, 4.69) is 20.5 Å². The van der Waals surface area contributed by atoms with Gasteiger partial charge in [0, 0.05) is 12.5 Å². The Bertz CT molecular complexity index is 378. The van der Waals surface area contributed by atoms with Gasteiger partial charge in [0.1, 0.15) is 0 Å². The number of aliphatic hydroxyl groups excluding tert-OH is 1. The highest BCUT2D eigenvalue weighted by Gasteiger charge is 2.25. The predicted octanol–water partition coefficient (Wildman–Crippen LogP) is -0.722. The number of hydrogen-bond donors (Lipinski definition) is 4. The lowest BCUT2D eigenvalue weighted by atomic mass is 10.1. The average Bonchev–Trinajstić information content (AvgIpc) is 2.84. The molecule has 7 heteroatoms. The number of amides is 1. The summed E-state index contributed by atoms with van der Waals surface area (Å²) in [6.45, 7) is 0.459. The van der Waals surface area contributed by atoms with E-state index in [4.69, 9.17) is 5.73 Å². The smallest absolute Gasteiger partial charge is 0.288 e. The third-order valence-electron chi connectivity index (χ3n) is 2.86. The number of aliphatic hydroxyl groups is 1. The third kappa shape index (κ3) is 2.30. The van der Waals surface area contributed by atoms with Crippen LogP contribution in [-0.2, 0) is 0 Å². The van der Waals surface area contributed by atoms with E-state index in [1.807, 2.05) is 0 Å². The lowest BCUT2D eigenvalue weighted by Gasteiger charge is -2.14. The average molecular weight is 225 g/mol. The standard InChI is InChI=1S/C9H15N5O2/c10-9-12-7(13-14-9)8(16)11-4-5-2-1-3-6(5)15/h5-6,15H,1-4H2,(H,11,16)(H3,10,12,13,14). The molecule has 1 aromatic rings. The van der Waals surface area contributed by atoms with Crippen molar-refractivity contribution < 1.29 is 9.90 Å². The fraction of sp³-hybridized carbons (Fsp3) is 0.667. The second kappa shape index (κ2) is 4.48. The Kier molecular flexibility index (Phi) is 3.04. The number of anilines is 1. The number of carbonyl (C=O) groups excluding carboxylic acids is 1. The van der Waals surface area contributed by atoms with Gasteiger partial charge in [-0.25, -0.2) is 0 Å². The second-order valence-corrected chi connectivity index (χ2v) is 4.01. The van der Waals surface area contributed by atoms with E-state index in [0.29, 0.717) is 6.54 Å². The fourth-order valence-corrected chi connectivity index (χ4v) is 1.94. The van der Waals surface area contributed by atoms with Crippen molar-refractivity contribution in [1.29, 1.82) is 0 Å². The van der Waals surface area contributed by atoms with Gasteiger partial charge in [-0.15, -0.1) is 5.10 Å². The molecule has 0 saturated heterocycles. The van der Waals surface area contributed by atoms with Gasteiger partial charge < -0.3 is 16.2 Å². The van der Waals surface area contributed by atoms with Gasteiger partial charge in [-0.1, -0.05) is 6.42 Å². The highest BCUT2D eigenvalue weighted by Crippen LogP contribution is 2.24. The maximum absolute atomic E-state index is 11.5. The number of nitrogens with one attached hydrogen (secondary N) is 2. The maximum Gasteiger partial charge on any atom is 0.288 e. The molecule has 0 spiro atoms. The SMILES string of the molecule is Nc1n[nH]c(C(=O)NCC2CCCC2O)n1. The van der Waals surface area contributed by atoms with Crippen LogP contribution in [0, 0.1) is 5.92 Å². The van der Waals surface area contributed by atoms with Crippen molar-refractivity contribution in [3.63, 3.8) is 0 Å². The minimum atomic E-state index is -0.344. The van der Waals surface area contributed by atoms with Crippen molar-refractivity contribution in [1.82, 2.24) is 20.5 Å². The number of rotatable bonds is 3. The number of nitrogen functional groups attached to an aromatic ring is 1. The van der Waals surface area contributed by atoms with E-state index in [-0.39, 0.29) is 29.7 Å². The summed E-state index contributed by atoms with van der Waals surface area (Å²) in [5, 5.41) is 18.3. The minimum Gasteiger partial charge on any atom is -0.393 e. The maximum atomic E-state index is 11.5. The molecule has 1 aromatic heterocycles. The van der Waals surface area contributed by atoms with E-state index < -0.39 is 0 Å². The monoisotopic (exact) mass is 225 g/mol. The van der Waals surface area contributed by atoms with Crippen LogP contribution < -0.4 is 11.1 Å². The van der Waals surface area contributed by atoms with Crippen LogP contribution in [-0.4, -0.2) is 38.8 Å². The lowest BCUT2D eigenvalue weighted by molar-refractivity contribution is 0.0907. The van der Waals surface area contributed by atoms with Gasteiger partial charge in [-0.3, -0.25) is 9.89 Å². The number of aromatic amines is 1. The Hall–Kier alpha value is -1.63. The summed E-state index contributed by atoms with van der Waals surface area (Å²) < 4.78 is 0. The van der Waals surface area contributed by atoms with Crippen molar-refractivity contribution >= 4 is 11.9 Å². The Morgan fingerprint density at radius 1 is 1.62 bits per heavy atom. The molecule has 1 aliphatic rings. The highest BCUT2D eigenvalue weighted by atomic mass is 16.3. The zero-order valence-electron chi connectivity index (χ0n) is 8.81. The number of nitrogens with two attached hydrogens (primary N) is 1. The summed E-state index contributed by atoms with van der Waals surface area (Å²) in [6, 6.07) is 0. The van der Waals surface area contributed by atoms with Gasteiger partial charge in [0.2, 0.25) is 11.8 Å². The minimum absolute atomic E-state index is 0.0473. The molecular weight excluding hydrogens is 210 g/mol. The van der Waals surface area contributed by atoms with E-state index in [1.54, 1.807) is 0 Å². The number of nitrogens with zero attached hydrogens (tertiary/aromatic N) is 2. The lowest BCUT2D eigenvalue weighted by Crippen LogP contribution is -2.33. The highest BCUT2D eigenvalue weighted by molar-refractivity contribution is 5.90. The van der Waals surface area contributed by atoms with Crippen molar-refractivity contribution in [2.75, 3.05) is 12.3 Å². The van der Waals surface area contributed by atoms with Gasteiger partial charge in [-0.05, 0) is 12.8 Å². The zero-order valence-corrected chi connectivity index (χ0v) is 8.81. The molecule has 1 saturated carbocycles. The molecule has 1 heterocycles. The molecule has 0 aromatic carbocycles. The van der Waals surface area contributed by atoms with Crippen molar-refractivity contribution in [3.8, 4) is 0 Å². The Morgan fingerprint density at radius 2 is 2.44 bits per heavy atom. The molecule has 2 atom stereocenters. The van der Waals surface area contributed by atoms with Crippen LogP contribution >= 0.6 is 0 Å². The van der Waals surface area contributed by atoms with Crippen molar-refractivity contribution in [3.05, 3.63) is 5.82 Å². The third-order valence-corrected chi connectivity index (χ3v) is 2.86. The largest absolute Gasteiger partial charge is 0.393 e. The summed E-state index contributed by atoms with van der Waals surface area (Å²) in [4.78, 5) is 15.3. The molecule has 0 aliphatic heterocycles. The first-order valence-corrected chi connectivity index (χ1v) is 5.31. The van der Waals surface area contributed by atoms with Gasteiger partial charge in [0.15, 0.2) is 0 Å². The molecule has 0 bridgehead atoms. The number of hydrogen-bond acceptors (Lipinski definition) is 5. The van der Waals surface area contributed by atoms with E-state index in [0.717, 1.165) is 19.3 Å². The fourth-order valence-electron chi connectivity index (χ4n) is 1.94. The molecule has 88 valence electrons. The Morgan fingerprint density at radius 3 is 3.00 bits per heavy atom. The molecule has 0 radical (unpaired) electrons. The van der Waals surface area contributed by atoms with Gasteiger partial charge in [-0.2, -0.15) is 4.98 Å². The van der Waals surface area contributed by atoms with Crippen LogP contribution in [0.5, 0.6) is 0 Å². The number of aromatic nitrogens is 3. The van der Waals surface area contributed by atoms with Gasteiger partial charge in [0.25, 0.3) is 5.91 Å². The van der Waals surface area contributed by atoms with Crippen LogP contribution in [0.25, 0.3) is 0 Å². The topological polar surface area (TPSA) is 117 Å². The predicted molar refractivity (Wildman–Crippen MR) is 56.5 cm³/mol. The van der Waals surface area contributed by atoms with Gasteiger partial charge >= 0.3 is 0 Å². The molecule has 16 heavy (non-hydrogen) atoms. The molecule has 7 nitrogen and oxygen atoms in total. The summed E-state index contributed by atoms with van der Waals surface area (Å²) in [5.74, 6) is -0.0523. The Balaban J connectivity index is 1.84. The molecule has 1 fully saturated rings. The van der Waals surface area contributed by atoms with Crippen LogP contribution in [0.2, 0.25) is 0 Å². The first-order chi connectivity index (χ1) is 7.66. The van der Waals surface area contributed by atoms with Crippen LogP contribution in [0.4, 0.5) is 5.95 Å². The second-order valence-electron chi connectivity index (χ2n) is 4.01. The van der Waals surface area contributed by atoms with Crippen molar-refractivity contribution in [2.45, 2.75) is 25.4 Å². The first-order valence-electron chi connectivity index (χ1n) is 5.31. The number of carbonyl (C=O) groups is 1. The van der Waals surface area contributed by atoms with Crippen molar-refractivity contribution in [2.24, 2.45) is 5.92 Å². The summed E-state index contributed by atoms with van der Waals surface area (Å²) >= 11 is 0. The molecule has 2 unspecified atom stereocenters. The van der Waals surface area contributed by atoms with E-state index in [1.165, 1.54) is 0 Å². The number of H-pyrrole nitrogens is 1. The summed E-state index contributed by atoms with van der Waals surface area (Å²) in [5.41, 5.74) is 5.28. The Labute approximate surface area is 92.4 Å². The van der Waals surface area contributed by atoms with Crippen LogP contribution in [0.15, 0.2) is 0 Å². The van der Waals surface area contributed by atoms with E-state index >= 15 is 0 Å². The molecular formula is C9H15N5O2. The summed E-state index contributed by atoms with van der Waals surface area (Å²) in [6.07, 6.45) is 2.47. The molecule has 1 amide bonds. The summed E-state index contributed by atoms with van der Waals surface area (Å²) in [7, 11) is 0. The molecule has 5 N–H and O–H groups in total. The van der Waals surface area contributed by atoms with Crippen LogP contribution in [0.3, 0.4) is 0 Å². The zero-order chi connectivity index (χ0) is 11.5. The van der Waals surface area contributed by atoms with Gasteiger partial charge in [0.05, 0.1) is 6.10 Å². The normalized spacial score (nSPS) is 24.6. The van der Waals surface area contributed by atoms with E-state index in [9.17, 15) is 9.90 Å². The van der Waals surface area contributed by atoms with Crippen LogP contribution in [0.1, 0.15) is 29.9 Å². The first kappa shape index (κ1) is 10.9.